The third kappa shape index (κ3) is 8.26. The maximum atomic E-state index is 13.9. The molecule has 2 amide bonds. The topological polar surface area (TPSA) is 96.0 Å². The minimum absolute atomic E-state index is 0.0675. The average Bonchev–Trinajstić information content (AvgIpc) is 2.95. The first-order chi connectivity index (χ1) is 19.5. The molecular weight excluding hydrogens is 552 g/mol. The minimum atomic E-state index is -4.34. The number of carbonyl (C=O) groups excluding carboxylic acids is 2. The molecule has 0 heterocycles. The first-order valence-corrected chi connectivity index (χ1v) is 14.8. The molecule has 3 aromatic rings. The summed E-state index contributed by atoms with van der Waals surface area (Å²) in [5.74, 6) is -1.64. The second kappa shape index (κ2) is 14.1. The number of hydrogen-bond donors (Lipinski definition) is 1. The van der Waals surface area contributed by atoms with Crippen LogP contribution in [0, 0.1) is 11.6 Å². The number of amides is 2. The molecule has 11 heteroatoms. The Balaban J connectivity index is 2.02. The SMILES string of the molecule is CCOc1ccc(N(CC(=O)N(Cc2ccc(F)cc2)C(C)C(=O)NC(C)CC)S(=O)(=O)c2ccc(F)cc2)cc1. The number of rotatable bonds is 13. The van der Waals surface area contributed by atoms with Crippen LogP contribution in [0.2, 0.25) is 0 Å². The van der Waals surface area contributed by atoms with Gasteiger partial charge in [-0.1, -0.05) is 19.1 Å². The maximum Gasteiger partial charge on any atom is 0.264 e. The summed E-state index contributed by atoms with van der Waals surface area (Å²) < 4.78 is 61.1. The van der Waals surface area contributed by atoms with Gasteiger partial charge in [0.2, 0.25) is 11.8 Å². The number of carbonyl (C=O) groups is 2. The molecule has 3 aromatic carbocycles. The zero-order valence-electron chi connectivity index (χ0n) is 23.5. The summed E-state index contributed by atoms with van der Waals surface area (Å²) in [7, 11) is -4.34. The first-order valence-electron chi connectivity index (χ1n) is 13.3. The van der Waals surface area contributed by atoms with Gasteiger partial charge in [-0.25, -0.2) is 17.2 Å². The molecule has 0 aromatic heterocycles. The highest BCUT2D eigenvalue weighted by molar-refractivity contribution is 7.92. The number of hydrogen-bond acceptors (Lipinski definition) is 5. The van der Waals surface area contributed by atoms with E-state index in [9.17, 15) is 26.8 Å². The van der Waals surface area contributed by atoms with E-state index >= 15 is 0 Å². The van der Waals surface area contributed by atoms with Gasteiger partial charge in [0, 0.05) is 12.6 Å². The second-order valence-corrected chi connectivity index (χ2v) is 11.4. The summed E-state index contributed by atoms with van der Waals surface area (Å²) in [6.07, 6.45) is 0.672. The molecule has 220 valence electrons. The van der Waals surface area contributed by atoms with Gasteiger partial charge in [-0.2, -0.15) is 0 Å². The van der Waals surface area contributed by atoms with Gasteiger partial charge in [-0.15, -0.1) is 0 Å². The van der Waals surface area contributed by atoms with Gasteiger partial charge in [0.05, 0.1) is 17.2 Å². The van der Waals surface area contributed by atoms with Crippen LogP contribution in [-0.2, 0) is 26.2 Å². The molecule has 0 fully saturated rings. The number of nitrogens with one attached hydrogen (secondary N) is 1. The van der Waals surface area contributed by atoms with Crippen LogP contribution in [-0.4, -0.2) is 50.4 Å². The summed E-state index contributed by atoms with van der Waals surface area (Å²) in [4.78, 5) is 28.0. The normalized spacial score (nSPS) is 12.7. The Morgan fingerprint density at radius 1 is 0.878 bits per heavy atom. The number of anilines is 1. The summed E-state index contributed by atoms with van der Waals surface area (Å²) in [6.45, 7) is 6.79. The first kappa shape index (κ1) is 31.5. The van der Waals surface area contributed by atoms with Crippen molar-refractivity contribution < 1.29 is 31.5 Å². The lowest BCUT2D eigenvalue weighted by atomic mass is 10.1. The van der Waals surface area contributed by atoms with Crippen molar-refractivity contribution in [2.24, 2.45) is 0 Å². The van der Waals surface area contributed by atoms with E-state index in [1.165, 1.54) is 41.3 Å². The van der Waals surface area contributed by atoms with E-state index in [2.05, 4.69) is 5.32 Å². The van der Waals surface area contributed by atoms with Crippen LogP contribution in [0.25, 0.3) is 0 Å². The van der Waals surface area contributed by atoms with Gasteiger partial charge in [0.1, 0.15) is 30.0 Å². The molecular formula is C30H35F2N3O5S. The summed E-state index contributed by atoms with van der Waals surface area (Å²) in [5.41, 5.74) is 0.724. The third-order valence-corrected chi connectivity index (χ3v) is 8.34. The molecule has 0 saturated carbocycles. The predicted octanol–water partition coefficient (Wildman–Crippen LogP) is 4.89. The number of sulfonamides is 1. The van der Waals surface area contributed by atoms with E-state index in [1.54, 1.807) is 19.1 Å². The molecule has 0 bridgehead atoms. The molecule has 8 nitrogen and oxygen atoms in total. The van der Waals surface area contributed by atoms with E-state index in [-0.39, 0.29) is 23.2 Å². The molecule has 0 saturated heterocycles. The molecule has 3 rings (SSSR count). The molecule has 2 atom stereocenters. The molecule has 0 spiro atoms. The Hall–Kier alpha value is -3.99. The zero-order valence-corrected chi connectivity index (χ0v) is 24.3. The molecule has 41 heavy (non-hydrogen) atoms. The maximum absolute atomic E-state index is 13.9. The van der Waals surface area contributed by atoms with Gasteiger partial charge < -0.3 is 15.0 Å². The van der Waals surface area contributed by atoms with Gasteiger partial charge in [-0.05, 0) is 93.4 Å². The fraction of sp³-hybridized carbons (Fsp3) is 0.333. The van der Waals surface area contributed by atoms with E-state index in [0.717, 1.165) is 28.6 Å². The van der Waals surface area contributed by atoms with Gasteiger partial charge in [0.15, 0.2) is 0 Å². The van der Waals surface area contributed by atoms with Crippen molar-refractivity contribution in [3.8, 4) is 5.75 Å². The smallest absolute Gasteiger partial charge is 0.264 e. The molecule has 0 aliphatic rings. The lowest BCUT2D eigenvalue weighted by Gasteiger charge is -2.32. The van der Waals surface area contributed by atoms with Crippen molar-refractivity contribution in [3.05, 3.63) is 90.0 Å². The van der Waals surface area contributed by atoms with Crippen molar-refractivity contribution in [3.63, 3.8) is 0 Å². The van der Waals surface area contributed by atoms with Crippen LogP contribution in [0.3, 0.4) is 0 Å². The lowest BCUT2D eigenvalue weighted by molar-refractivity contribution is -0.139. The monoisotopic (exact) mass is 587 g/mol. The Morgan fingerprint density at radius 3 is 1.98 bits per heavy atom. The van der Waals surface area contributed by atoms with Crippen molar-refractivity contribution in [1.29, 1.82) is 0 Å². The molecule has 1 N–H and O–H groups in total. The fourth-order valence-corrected chi connectivity index (χ4v) is 5.39. The summed E-state index contributed by atoms with van der Waals surface area (Å²) >= 11 is 0. The van der Waals surface area contributed by atoms with Gasteiger partial charge in [-0.3, -0.25) is 13.9 Å². The van der Waals surface area contributed by atoms with E-state index in [0.29, 0.717) is 24.3 Å². The Morgan fingerprint density at radius 2 is 1.44 bits per heavy atom. The van der Waals surface area contributed by atoms with Gasteiger partial charge in [0.25, 0.3) is 10.0 Å². The van der Waals surface area contributed by atoms with Crippen LogP contribution in [0.4, 0.5) is 14.5 Å². The summed E-state index contributed by atoms with van der Waals surface area (Å²) in [5, 5.41) is 2.85. The lowest BCUT2D eigenvalue weighted by Crippen LogP contribution is -2.52. The number of nitrogens with zero attached hydrogens (tertiary/aromatic N) is 2. The Kier molecular flexibility index (Phi) is 10.8. The average molecular weight is 588 g/mol. The fourth-order valence-electron chi connectivity index (χ4n) is 3.97. The van der Waals surface area contributed by atoms with Crippen LogP contribution >= 0.6 is 0 Å². The van der Waals surface area contributed by atoms with Crippen LogP contribution in [0.5, 0.6) is 5.75 Å². The molecule has 2 unspecified atom stereocenters. The third-order valence-electron chi connectivity index (χ3n) is 6.55. The molecule has 0 aliphatic carbocycles. The van der Waals surface area contributed by atoms with Crippen molar-refractivity contribution in [2.75, 3.05) is 17.5 Å². The van der Waals surface area contributed by atoms with Crippen LogP contribution < -0.4 is 14.4 Å². The molecule has 0 aliphatic heterocycles. The zero-order chi connectivity index (χ0) is 30.2. The number of ether oxygens (including phenoxy) is 1. The second-order valence-electron chi connectivity index (χ2n) is 9.53. The molecule has 0 radical (unpaired) electrons. The standard InChI is InChI=1S/C30H35F2N3O5S/c1-5-21(3)33-30(37)22(4)34(19-23-7-9-24(31)10-8-23)29(36)20-35(26-13-15-27(16-14-26)40-6-2)41(38,39)28-17-11-25(32)12-18-28/h7-18,21-22H,5-6,19-20H2,1-4H3,(H,33,37). The highest BCUT2D eigenvalue weighted by Crippen LogP contribution is 2.27. The Bertz CT molecular complexity index is 1420. The summed E-state index contributed by atoms with van der Waals surface area (Å²) in [6, 6.07) is 14.8. The Labute approximate surface area is 240 Å². The van der Waals surface area contributed by atoms with Crippen LogP contribution in [0.15, 0.2) is 77.7 Å². The van der Waals surface area contributed by atoms with Crippen molar-refractivity contribution in [2.45, 2.75) is 57.6 Å². The van der Waals surface area contributed by atoms with Crippen molar-refractivity contribution in [1.82, 2.24) is 10.2 Å². The largest absolute Gasteiger partial charge is 0.494 e. The number of benzene rings is 3. The highest BCUT2D eigenvalue weighted by atomic mass is 32.2. The van der Waals surface area contributed by atoms with Crippen molar-refractivity contribution >= 4 is 27.5 Å². The van der Waals surface area contributed by atoms with E-state index in [4.69, 9.17) is 4.74 Å². The predicted molar refractivity (Wildman–Crippen MR) is 153 cm³/mol. The van der Waals surface area contributed by atoms with E-state index in [1.807, 2.05) is 20.8 Å². The van der Waals surface area contributed by atoms with Crippen LogP contribution in [0.1, 0.15) is 39.7 Å². The number of halogens is 2. The van der Waals surface area contributed by atoms with Gasteiger partial charge >= 0.3 is 0 Å². The minimum Gasteiger partial charge on any atom is -0.494 e. The highest BCUT2D eigenvalue weighted by Gasteiger charge is 2.33. The van der Waals surface area contributed by atoms with E-state index < -0.39 is 46.1 Å². The quantitative estimate of drug-likeness (QED) is 0.307.